The van der Waals surface area contributed by atoms with Gasteiger partial charge in [-0.15, -0.1) is 0 Å². The lowest BCUT2D eigenvalue weighted by molar-refractivity contribution is 0.572. The van der Waals surface area contributed by atoms with E-state index in [1.807, 2.05) is 13.0 Å². The molecule has 0 spiro atoms. The third kappa shape index (κ3) is 2.79. The largest absolute Gasteiger partial charge is 0.156 e. The first-order chi connectivity index (χ1) is 6.27. The molecule has 72 valence electrons. The van der Waals surface area contributed by atoms with Crippen LogP contribution in [0.1, 0.15) is 50.4 Å². The van der Waals surface area contributed by atoms with E-state index in [-0.39, 0.29) is 0 Å². The predicted molar refractivity (Wildman–Crippen MR) is 54.7 cm³/mol. The van der Waals surface area contributed by atoms with Gasteiger partial charge in [-0.2, -0.15) is 10.2 Å². The van der Waals surface area contributed by atoms with E-state index < -0.39 is 0 Å². The van der Waals surface area contributed by atoms with E-state index in [9.17, 15) is 0 Å². The van der Waals surface area contributed by atoms with Crippen molar-refractivity contribution in [3.05, 3.63) is 23.5 Å². The molecule has 1 atom stereocenters. The molecule has 1 aromatic heterocycles. The fraction of sp³-hybridized carbons (Fsp3) is 0.636. The quantitative estimate of drug-likeness (QED) is 0.708. The Balaban J connectivity index is 2.73. The van der Waals surface area contributed by atoms with Crippen LogP contribution in [0.5, 0.6) is 0 Å². The highest BCUT2D eigenvalue weighted by atomic mass is 15.1. The SMILES string of the molecule is CCCC(CC)c1ccc(C)nn1. The van der Waals surface area contributed by atoms with Crippen molar-refractivity contribution in [3.8, 4) is 0 Å². The first-order valence-electron chi connectivity index (χ1n) is 5.08. The molecule has 2 nitrogen and oxygen atoms in total. The van der Waals surface area contributed by atoms with Gasteiger partial charge in [0.2, 0.25) is 0 Å². The first-order valence-corrected chi connectivity index (χ1v) is 5.08. The summed E-state index contributed by atoms with van der Waals surface area (Å²) in [6.45, 7) is 6.39. The summed E-state index contributed by atoms with van der Waals surface area (Å²) >= 11 is 0. The molecule has 0 saturated carbocycles. The second-order valence-corrected chi connectivity index (χ2v) is 3.49. The van der Waals surface area contributed by atoms with Crippen LogP contribution in [0.2, 0.25) is 0 Å². The standard InChI is InChI=1S/C11H18N2/c1-4-6-10(5-2)11-8-7-9(3)12-13-11/h7-8,10H,4-6H2,1-3H3. The lowest BCUT2D eigenvalue weighted by Crippen LogP contribution is -2.01. The molecule has 1 unspecified atom stereocenters. The van der Waals surface area contributed by atoms with E-state index in [1.54, 1.807) is 0 Å². The fourth-order valence-corrected chi connectivity index (χ4v) is 1.54. The van der Waals surface area contributed by atoms with Crippen LogP contribution in [0.3, 0.4) is 0 Å². The topological polar surface area (TPSA) is 25.8 Å². The van der Waals surface area contributed by atoms with Gasteiger partial charge in [-0.3, -0.25) is 0 Å². The van der Waals surface area contributed by atoms with Crippen LogP contribution in [0.25, 0.3) is 0 Å². The highest BCUT2D eigenvalue weighted by Gasteiger charge is 2.09. The van der Waals surface area contributed by atoms with E-state index in [1.165, 1.54) is 12.8 Å². The molecule has 13 heavy (non-hydrogen) atoms. The Kier molecular flexibility index (Phi) is 3.87. The van der Waals surface area contributed by atoms with Gasteiger partial charge in [0.25, 0.3) is 0 Å². The van der Waals surface area contributed by atoms with Crippen molar-refractivity contribution >= 4 is 0 Å². The van der Waals surface area contributed by atoms with Crippen LogP contribution in [-0.4, -0.2) is 10.2 Å². The number of aryl methyl sites for hydroxylation is 1. The molecule has 0 fully saturated rings. The van der Waals surface area contributed by atoms with Crippen LogP contribution in [0.4, 0.5) is 0 Å². The minimum Gasteiger partial charge on any atom is -0.156 e. The summed E-state index contributed by atoms with van der Waals surface area (Å²) in [5.41, 5.74) is 2.14. The Morgan fingerprint density at radius 2 is 2.00 bits per heavy atom. The monoisotopic (exact) mass is 178 g/mol. The van der Waals surface area contributed by atoms with Gasteiger partial charge in [0, 0.05) is 5.92 Å². The Morgan fingerprint density at radius 3 is 2.46 bits per heavy atom. The predicted octanol–water partition coefficient (Wildman–Crippen LogP) is 3.08. The number of hydrogen-bond donors (Lipinski definition) is 0. The van der Waals surface area contributed by atoms with Crippen LogP contribution in [0.15, 0.2) is 12.1 Å². The average molecular weight is 178 g/mol. The maximum atomic E-state index is 4.22. The Hall–Kier alpha value is -0.920. The van der Waals surface area contributed by atoms with Crippen LogP contribution in [0, 0.1) is 6.92 Å². The zero-order chi connectivity index (χ0) is 9.68. The molecule has 2 heteroatoms. The molecule has 0 saturated heterocycles. The molecule has 1 heterocycles. The summed E-state index contributed by atoms with van der Waals surface area (Å²) in [5.74, 6) is 0.595. The van der Waals surface area contributed by atoms with Gasteiger partial charge in [0.15, 0.2) is 0 Å². The molecule has 0 N–H and O–H groups in total. The van der Waals surface area contributed by atoms with E-state index in [2.05, 4.69) is 30.1 Å². The molecular weight excluding hydrogens is 160 g/mol. The van der Waals surface area contributed by atoms with Crippen LogP contribution < -0.4 is 0 Å². The number of nitrogens with zero attached hydrogens (tertiary/aromatic N) is 2. The Labute approximate surface area is 80.4 Å². The zero-order valence-electron chi connectivity index (χ0n) is 8.75. The highest BCUT2D eigenvalue weighted by molar-refractivity contribution is 5.09. The molecule has 0 amide bonds. The zero-order valence-corrected chi connectivity index (χ0v) is 8.75. The molecule has 0 aliphatic carbocycles. The molecule has 0 aromatic carbocycles. The summed E-state index contributed by atoms with van der Waals surface area (Å²) in [7, 11) is 0. The van der Waals surface area contributed by atoms with Gasteiger partial charge in [0.1, 0.15) is 0 Å². The van der Waals surface area contributed by atoms with E-state index in [4.69, 9.17) is 0 Å². The average Bonchev–Trinajstić information content (AvgIpc) is 2.16. The molecular formula is C11H18N2. The lowest BCUT2D eigenvalue weighted by atomic mass is 9.97. The van der Waals surface area contributed by atoms with Gasteiger partial charge in [0.05, 0.1) is 11.4 Å². The second kappa shape index (κ2) is 4.95. The lowest BCUT2D eigenvalue weighted by Gasteiger charge is -2.11. The minimum absolute atomic E-state index is 0.595. The van der Waals surface area contributed by atoms with Crippen molar-refractivity contribution in [2.45, 2.75) is 46.0 Å². The highest BCUT2D eigenvalue weighted by Crippen LogP contribution is 2.21. The molecule has 1 aromatic rings. The van der Waals surface area contributed by atoms with Gasteiger partial charge in [-0.25, -0.2) is 0 Å². The summed E-state index contributed by atoms with van der Waals surface area (Å²) in [6, 6.07) is 4.15. The Bertz CT molecular complexity index is 241. The van der Waals surface area contributed by atoms with E-state index >= 15 is 0 Å². The maximum absolute atomic E-state index is 4.22. The number of aromatic nitrogens is 2. The third-order valence-corrected chi connectivity index (χ3v) is 2.37. The molecule has 1 rings (SSSR count). The van der Waals surface area contributed by atoms with Crippen molar-refractivity contribution in [2.75, 3.05) is 0 Å². The Morgan fingerprint density at radius 1 is 1.23 bits per heavy atom. The smallest absolute Gasteiger partial charge is 0.0662 e. The minimum atomic E-state index is 0.595. The molecule has 0 aliphatic heterocycles. The molecule has 0 aliphatic rings. The van der Waals surface area contributed by atoms with Crippen LogP contribution in [-0.2, 0) is 0 Å². The second-order valence-electron chi connectivity index (χ2n) is 3.49. The van der Waals surface area contributed by atoms with E-state index in [0.29, 0.717) is 5.92 Å². The summed E-state index contributed by atoms with van der Waals surface area (Å²) in [4.78, 5) is 0. The summed E-state index contributed by atoms with van der Waals surface area (Å²) in [5, 5.41) is 8.30. The first kappa shape index (κ1) is 10.2. The van der Waals surface area contributed by atoms with Crippen molar-refractivity contribution in [1.82, 2.24) is 10.2 Å². The van der Waals surface area contributed by atoms with Gasteiger partial charge >= 0.3 is 0 Å². The number of rotatable bonds is 4. The normalized spacial score (nSPS) is 12.8. The molecule has 0 radical (unpaired) electrons. The summed E-state index contributed by atoms with van der Waals surface area (Å²) in [6.07, 6.45) is 3.59. The van der Waals surface area contributed by atoms with Crippen molar-refractivity contribution in [1.29, 1.82) is 0 Å². The van der Waals surface area contributed by atoms with Crippen molar-refractivity contribution in [3.63, 3.8) is 0 Å². The van der Waals surface area contributed by atoms with Gasteiger partial charge in [-0.1, -0.05) is 20.3 Å². The number of hydrogen-bond acceptors (Lipinski definition) is 2. The van der Waals surface area contributed by atoms with Crippen molar-refractivity contribution in [2.24, 2.45) is 0 Å². The van der Waals surface area contributed by atoms with Crippen LogP contribution >= 0.6 is 0 Å². The summed E-state index contributed by atoms with van der Waals surface area (Å²) < 4.78 is 0. The maximum Gasteiger partial charge on any atom is 0.0662 e. The van der Waals surface area contributed by atoms with Gasteiger partial charge in [-0.05, 0) is 31.9 Å². The molecule has 0 bridgehead atoms. The van der Waals surface area contributed by atoms with Gasteiger partial charge < -0.3 is 0 Å². The van der Waals surface area contributed by atoms with Crippen molar-refractivity contribution < 1.29 is 0 Å². The fourth-order valence-electron chi connectivity index (χ4n) is 1.54. The third-order valence-electron chi connectivity index (χ3n) is 2.37. The van der Waals surface area contributed by atoms with E-state index in [0.717, 1.165) is 17.8 Å².